The Morgan fingerprint density at radius 3 is 2.65 bits per heavy atom. The number of alkyl halides is 3. The first kappa shape index (κ1) is 23.1. The van der Waals surface area contributed by atoms with E-state index in [1.807, 2.05) is 6.07 Å². The molecule has 5 aromatic rings. The fraction of sp³-hybridized carbons (Fsp3) is 0.292. The lowest BCUT2D eigenvalue weighted by atomic mass is 10.0. The van der Waals surface area contributed by atoms with Gasteiger partial charge in [-0.25, -0.2) is 18.9 Å². The van der Waals surface area contributed by atoms with Gasteiger partial charge in [0.15, 0.2) is 5.65 Å². The highest BCUT2D eigenvalue weighted by atomic mass is 19.4. The summed E-state index contributed by atoms with van der Waals surface area (Å²) in [5.41, 5.74) is 3.29. The Balaban J connectivity index is 1.40. The number of aromatic nitrogens is 7. The molecule has 4 heterocycles. The second kappa shape index (κ2) is 8.39. The van der Waals surface area contributed by atoms with Gasteiger partial charge in [-0.1, -0.05) is 0 Å². The summed E-state index contributed by atoms with van der Waals surface area (Å²) in [6, 6.07) is 4.97. The van der Waals surface area contributed by atoms with Crippen LogP contribution in [0, 0.1) is 5.82 Å². The van der Waals surface area contributed by atoms with Gasteiger partial charge in [0.1, 0.15) is 12.4 Å². The van der Waals surface area contributed by atoms with E-state index in [2.05, 4.69) is 25.1 Å². The van der Waals surface area contributed by atoms with Crippen LogP contribution in [0.2, 0.25) is 0 Å². The van der Waals surface area contributed by atoms with E-state index in [-0.39, 0.29) is 34.6 Å². The average molecular weight is 513 g/mol. The molecule has 190 valence electrons. The summed E-state index contributed by atoms with van der Waals surface area (Å²) in [5.74, 6) is -0.485. The van der Waals surface area contributed by atoms with Crippen molar-refractivity contribution >= 4 is 16.6 Å². The first-order valence-corrected chi connectivity index (χ1v) is 11.3. The minimum Gasteiger partial charge on any atom is -0.480 e. The highest BCUT2D eigenvalue weighted by molar-refractivity contribution is 5.80. The Morgan fingerprint density at radius 1 is 1.05 bits per heavy atom. The van der Waals surface area contributed by atoms with Crippen LogP contribution in [0.4, 0.5) is 17.6 Å². The van der Waals surface area contributed by atoms with E-state index in [0.717, 1.165) is 16.4 Å². The maximum atomic E-state index is 14.8. The number of hydrogen-bond acceptors (Lipinski definition) is 7. The molecule has 13 heteroatoms. The van der Waals surface area contributed by atoms with Crippen LogP contribution in [0.15, 0.2) is 43.0 Å². The van der Waals surface area contributed by atoms with Crippen molar-refractivity contribution in [1.82, 2.24) is 34.3 Å². The molecule has 1 aromatic carbocycles. The molecule has 1 aliphatic carbocycles. The van der Waals surface area contributed by atoms with Gasteiger partial charge in [-0.15, -0.1) is 0 Å². The average Bonchev–Trinajstić information content (AvgIpc) is 3.35. The zero-order valence-electron chi connectivity index (χ0n) is 19.6. The van der Waals surface area contributed by atoms with Crippen molar-refractivity contribution < 1.29 is 27.0 Å². The van der Waals surface area contributed by atoms with Crippen molar-refractivity contribution in [1.29, 1.82) is 0 Å². The molecule has 37 heavy (non-hydrogen) atoms. The van der Waals surface area contributed by atoms with Crippen molar-refractivity contribution in [3.8, 4) is 23.1 Å². The lowest BCUT2D eigenvalue weighted by Gasteiger charge is -2.11. The topological polar surface area (TPSA) is 92.3 Å². The molecule has 0 aliphatic heterocycles. The van der Waals surface area contributed by atoms with E-state index in [4.69, 9.17) is 9.47 Å². The number of methoxy groups -OCH3 is 2. The van der Waals surface area contributed by atoms with Crippen LogP contribution in [-0.2, 0) is 6.54 Å². The Kier molecular flexibility index (Phi) is 5.24. The van der Waals surface area contributed by atoms with Crippen LogP contribution in [0.1, 0.15) is 29.4 Å². The molecular formula is C24H19F4N7O2. The van der Waals surface area contributed by atoms with E-state index in [9.17, 15) is 17.6 Å². The second-order valence-electron chi connectivity index (χ2n) is 8.76. The van der Waals surface area contributed by atoms with Gasteiger partial charge in [-0.3, -0.25) is 4.68 Å². The molecule has 1 aliphatic rings. The predicted molar refractivity (Wildman–Crippen MR) is 123 cm³/mol. The van der Waals surface area contributed by atoms with Gasteiger partial charge >= 0.3 is 12.2 Å². The quantitative estimate of drug-likeness (QED) is 0.308. The highest BCUT2D eigenvalue weighted by Crippen LogP contribution is 2.56. The van der Waals surface area contributed by atoms with Crippen LogP contribution in [0.5, 0.6) is 11.9 Å². The number of nitrogens with zero attached hydrogens (tertiary/aromatic N) is 7. The fourth-order valence-corrected chi connectivity index (χ4v) is 4.70. The summed E-state index contributed by atoms with van der Waals surface area (Å²) < 4.78 is 66.7. The summed E-state index contributed by atoms with van der Waals surface area (Å²) in [7, 11) is 2.93. The smallest absolute Gasteiger partial charge is 0.408 e. The van der Waals surface area contributed by atoms with E-state index in [1.54, 1.807) is 29.2 Å². The van der Waals surface area contributed by atoms with Crippen molar-refractivity contribution in [3.05, 3.63) is 59.9 Å². The number of benzene rings is 1. The highest BCUT2D eigenvalue weighted by Gasteiger charge is 2.42. The maximum absolute atomic E-state index is 14.8. The third-order valence-electron chi connectivity index (χ3n) is 6.45. The van der Waals surface area contributed by atoms with Gasteiger partial charge in [0.2, 0.25) is 5.88 Å². The van der Waals surface area contributed by atoms with Crippen LogP contribution in [0.3, 0.4) is 0 Å². The molecule has 0 radical (unpaired) electrons. The van der Waals surface area contributed by atoms with Gasteiger partial charge in [-0.05, 0) is 42.0 Å². The van der Waals surface area contributed by atoms with Gasteiger partial charge in [0.05, 0.1) is 42.6 Å². The molecule has 0 spiro atoms. The Bertz CT molecular complexity index is 1650. The van der Waals surface area contributed by atoms with E-state index in [0.29, 0.717) is 28.9 Å². The Labute approximate surface area is 206 Å². The number of imidazole rings is 1. The van der Waals surface area contributed by atoms with Crippen LogP contribution >= 0.6 is 0 Å². The normalized spacial score (nSPS) is 17.5. The summed E-state index contributed by atoms with van der Waals surface area (Å²) in [6.07, 6.45) is 2.20. The first-order chi connectivity index (χ1) is 17.8. The molecule has 0 bridgehead atoms. The minimum atomic E-state index is -4.47. The van der Waals surface area contributed by atoms with Crippen LogP contribution in [0.25, 0.3) is 27.8 Å². The molecule has 1 fully saturated rings. The zero-order valence-corrected chi connectivity index (χ0v) is 19.6. The molecule has 1 unspecified atom stereocenters. The number of fused-ring (bicyclic) bond motifs is 2. The van der Waals surface area contributed by atoms with Crippen LogP contribution in [-0.4, -0.2) is 54.7 Å². The van der Waals surface area contributed by atoms with Gasteiger partial charge in [0, 0.05) is 24.2 Å². The molecule has 0 saturated heterocycles. The summed E-state index contributed by atoms with van der Waals surface area (Å²) >= 11 is 0. The molecular weight excluding hydrogens is 494 g/mol. The molecule has 0 N–H and O–H groups in total. The third kappa shape index (κ3) is 4.09. The minimum absolute atomic E-state index is 0.0485. The lowest BCUT2D eigenvalue weighted by molar-refractivity contribution is -0.141. The number of halogens is 4. The second-order valence-corrected chi connectivity index (χ2v) is 8.76. The lowest BCUT2D eigenvalue weighted by Crippen LogP contribution is -2.18. The monoisotopic (exact) mass is 513 g/mol. The van der Waals surface area contributed by atoms with E-state index >= 15 is 0 Å². The molecule has 2 atom stereocenters. The molecule has 1 saturated carbocycles. The standard InChI is InChI=1S/C24H19F4N7O2/c1-36-22-17(9-30-23(32-22)37-2)19-8-15(21-29-3-4-34(21)33-19)14-7-13(14)12-5-18(25)16-10-31-35(20(16)6-12)11-24(26,27)28/h3-6,8-10,13-14H,7,11H2,1-2H3/t13-,14?/m1/s1. The molecule has 4 aromatic heterocycles. The Hall–Kier alpha value is -4.29. The van der Waals surface area contributed by atoms with Crippen molar-refractivity contribution in [2.45, 2.75) is 31.0 Å². The van der Waals surface area contributed by atoms with E-state index in [1.165, 1.54) is 20.3 Å². The van der Waals surface area contributed by atoms with Crippen molar-refractivity contribution in [2.75, 3.05) is 14.2 Å². The summed E-state index contributed by atoms with van der Waals surface area (Å²) in [6.45, 7) is -1.29. The molecule has 6 rings (SSSR count). The largest absolute Gasteiger partial charge is 0.480 e. The summed E-state index contributed by atoms with van der Waals surface area (Å²) in [5, 5.41) is 8.41. The maximum Gasteiger partial charge on any atom is 0.408 e. The fourth-order valence-electron chi connectivity index (χ4n) is 4.70. The number of rotatable bonds is 6. The van der Waals surface area contributed by atoms with Crippen LogP contribution < -0.4 is 9.47 Å². The number of ether oxygens (including phenoxy) is 2. The van der Waals surface area contributed by atoms with Crippen molar-refractivity contribution in [2.24, 2.45) is 0 Å². The Morgan fingerprint density at radius 2 is 1.89 bits per heavy atom. The molecule has 0 amide bonds. The zero-order chi connectivity index (χ0) is 25.9. The molecule has 9 nitrogen and oxygen atoms in total. The SMILES string of the molecule is COc1ncc(-c2cc(C3C[C@@H]3c3cc(F)c4cnn(CC(F)(F)F)c4c3)c3nccn3n2)c(OC)n1. The first-order valence-electron chi connectivity index (χ1n) is 11.3. The van der Waals surface area contributed by atoms with Gasteiger partial charge in [0.25, 0.3) is 0 Å². The van der Waals surface area contributed by atoms with Crippen molar-refractivity contribution in [3.63, 3.8) is 0 Å². The van der Waals surface area contributed by atoms with Gasteiger partial charge in [-0.2, -0.15) is 28.4 Å². The third-order valence-corrected chi connectivity index (χ3v) is 6.45. The van der Waals surface area contributed by atoms with E-state index < -0.39 is 18.5 Å². The number of hydrogen-bond donors (Lipinski definition) is 0. The summed E-state index contributed by atoms with van der Waals surface area (Å²) in [4.78, 5) is 12.8. The van der Waals surface area contributed by atoms with Gasteiger partial charge < -0.3 is 9.47 Å². The predicted octanol–water partition coefficient (Wildman–Crippen LogP) is 4.53.